The molecule has 10 heteroatoms. The van der Waals surface area contributed by atoms with Gasteiger partial charge in [0, 0.05) is 0 Å². The average molecular weight is 1070 g/mol. The molecular formula is C38H36Br2Cl4P2Pd2. The number of benzene rings is 6. The van der Waals surface area contributed by atoms with Crippen LogP contribution >= 0.6 is 79.5 Å². The zero-order chi connectivity index (χ0) is 34.8. The Labute approximate surface area is 328 Å². The van der Waals surface area contributed by atoms with Crippen LogP contribution in [-0.4, -0.2) is 13.3 Å². The van der Waals surface area contributed by atoms with E-state index in [1.165, 1.54) is 31.8 Å². The minimum atomic E-state index is -1.53. The van der Waals surface area contributed by atoms with E-state index in [4.69, 9.17) is 38.1 Å². The fourth-order valence-corrected chi connectivity index (χ4v) is 11.7. The molecule has 0 bridgehead atoms. The van der Waals surface area contributed by atoms with E-state index >= 15 is 0 Å². The zero-order valence-electron chi connectivity index (χ0n) is 26.1. The van der Waals surface area contributed by atoms with Crippen LogP contribution in [-0.2, 0) is 25.4 Å². The van der Waals surface area contributed by atoms with Gasteiger partial charge >= 0.3 is 90.4 Å². The van der Waals surface area contributed by atoms with Crippen molar-refractivity contribution in [3.05, 3.63) is 182 Å². The summed E-state index contributed by atoms with van der Waals surface area (Å²) in [4.78, 5) is 0. The van der Waals surface area contributed by atoms with Crippen LogP contribution in [0, 0.1) is 0 Å². The van der Waals surface area contributed by atoms with E-state index in [1.807, 2.05) is 0 Å². The molecule has 0 fully saturated rings. The van der Waals surface area contributed by atoms with Crippen molar-refractivity contribution in [3.8, 4) is 0 Å². The van der Waals surface area contributed by atoms with Crippen LogP contribution in [0.1, 0.15) is 0 Å². The van der Waals surface area contributed by atoms with Gasteiger partial charge in [-0.05, 0) is 72.8 Å². The molecule has 0 saturated carbocycles. The second kappa shape index (κ2) is 22.5. The van der Waals surface area contributed by atoms with Gasteiger partial charge in [0.1, 0.15) is 46.4 Å². The number of hydrogen-bond donors (Lipinski definition) is 0. The Morgan fingerprint density at radius 1 is 0.312 bits per heavy atom. The molecule has 48 heavy (non-hydrogen) atoms. The van der Waals surface area contributed by atoms with Crippen molar-refractivity contribution < 1.29 is 25.4 Å². The molecule has 0 heterocycles. The second-order valence-electron chi connectivity index (χ2n) is 10.3. The minimum absolute atomic E-state index is 1.23. The topological polar surface area (TPSA) is 0 Å². The van der Waals surface area contributed by atoms with Crippen LogP contribution in [0.15, 0.2) is 182 Å². The van der Waals surface area contributed by atoms with Gasteiger partial charge in [-0.3, -0.25) is 0 Å². The van der Waals surface area contributed by atoms with Gasteiger partial charge in [-0.25, -0.2) is 0 Å². The third-order valence-electron chi connectivity index (χ3n) is 7.64. The number of rotatable bonds is 6. The van der Waals surface area contributed by atoms with Gasteiger partial charge in [0.25, 0.3) is 0 Å². The van der Waals surface area contributed by atoms with Crippen molar-refractivity contribution in [1.29, 1.82) is 0 Å². The van der Waals surface area contributed by atoms with E-state index in [-0.39, 0.29) is 0 Å². The summed E-state index contributed by atoms with van der Waals surface area (Å²) in [7, 11) is 17.2. The Kier molecular flexibility index (Phi) is 19.7. The molecule has 0 atom stereocenters. The average Bonchev–Trinajstić information content (AvgIpc) is 3.13. The van der Waals surface area contributed by atoms with Crippen molar-refractivity contribution >= 4 is 111 Å². The fraction of sp³-hybridized carbons (Fsp3) is 0.0526. The van der Waals surface area contributed by atoms with E-state index in [2.05, 4.69) is 222 Å². The van der Waals surface area contributed by atoms with Gasteiger partial charge in [-0.2, -0.15) is 0 Å². The van der Waals surface area contributed by atoms with Crippen LogP contribution in [0.3, 0.4) is 0 Å². The molecule has 0 unspecified atom stereocenters. The Morgan fingerprint density at radius 3 is 0.521 bits per heavy atom. The fourth-order valence-electron chi connectivity index (χ4n) is 5.25. The van der Waals surface area contributed by atoms with Gasteiger partial charge in [-0.15, -0.1) is 0 Å². The molecule has 0 amide bonds. The van der Waals surface area contributed by atoms with E-state index in [0.29, 0.717) is 0 Å². The van der Waals surface area contributed by atoms with Crippen molar-refractivity contribution in [2.75, 3.05) is 13.3 Å². The Bertz CT molecular complexity index is 1380. The number of hydrogen-bond acceptors (Lipinski definition) is 0. The Morgan fingerprint density at radius 2 is 0.417 bits per heavy atom. The van der Waals surface area contributed by atoms with Crippen molar-refractivity contribution in [3.63, 3.8) is 0 Å². The normalized spacial score (nSPS) is 11.2. The molecule has 0 N–H and O–H groups in total. The first-order valence-electron chi connectivity index (χ1n) is 14.4. The molecule has 0 saturated heterocycles. The molecule has 0 nitrogen and oxygen atoms in total. The standard InChI is InChI=1S/2C19H18P.2BrH.4ClH.2Pd/c2*1-20(17-11-5-2-6-12-17,18-13-7-3-8-14-18)19-15-9-4-10-16-19;;;;;;;;/h2*2-16H,1H3;6*1H;;/q2*+1;;;;;;;2*+2/p-6. The van der Waals surface area contributed by atoms with E-state index in [0.717, 1.165) is 0 Å². The SMILES string of the molecule is C[P+](c1ccccc1)(c1ccccc1)c1ccccc1.C[P+](c1ccccc1)(c1ccccc1)c1ccccc1.[Cl][Pd-]([Cl])[Br].[Cl][Pd-]([Cl])[Br]. The Balaban J connectivity index is 0.000000213. The summed E-state index contributed by atoms with van der Waals surface area (Å²) in [5.41, 5.74) is 0. The van der Waals surface area contributed by atoms with Crippen LogP contribution in [0.5, 0.6) is 0 Å². The van der Waals surface area contributed by atoms with Crippen molar-refractivity contribution in [2.45, 2.75) is 0 Å². The van der Waals surface area contributed by atoms with Gasteiger partial charge < -0.3 is 0 Å². The van der Waals surface area contributed by atoms with E-state index in [9.17, 15) is 0 Å². The first-order chi connectivity index (χ1) is 23.1. The third-order valence-corrected chi connectivity index (χ3v) is 15.6. The molecule has 0 aliphatic heterocycles. The van der Waals surface area contributed by atoms with Gasteiger partial charge in [0.15, 0.2) is 0 Å². The maximum atomic E-state index is 5.07. The van der Waals surface area contributed by atoms with Crippen LogP contribution < -0.4 is 31.8 Å². The molecule has 6 aromatic carbocycles. The predicted octanol–water partition coefficient (Wildman–Crippen LogP) is 11.7. The molecule has 6 rings (SSSR count). The predicted molar refractivity (Wildman–Crippen MR) is 223 cm³/mol. The molecule has 0 radical (unpaired) electrons. The van der Waals surface area contributed by atoms with Crippen LogP contribution in [0.25, 0.3) is 0 Å². The zero-order valence-corrected chi connectivity index (χ0v) is 37.2. The number of halogens is 6. The second-order valence-corrected chi connectivity index (χ2v) is 38.6. The first kappa shape index (κ1) is 42.0. The summed E-state index contributed by atoms with van der Waals surface area (Å²) >= 11 is 3.38. The van der Waals surface area contributed by atoms with E-state index < -0.39 is 39.9 Å². The molecule has 260 valence electrons. The van der Waals surface area contributed by atoms with Crippen LogP contribution in [0.4, 0.5) is 0 Å². The summed E-state index contributed by atoms with van der Waals surface area (Å²) < 4.78 is 0. The van der Waals surface area contributed by atoms with Gasteiger partial charge in [0.2, 0.25) is 0 Å². The van der Waals surface area contributed by atoms with Gasteiger partial charge in [-0.1, -0.05) is 109 Å². The Hall–Kier alpha value is -0.375. The molecule has 0 aliphatic rings. The van der Waals surface area contributed by atoms with Crippen molar-refractivity contribution in [2.24, 2.45) is 0 Å². The summed E-state index contributed by atoms with van der Waals surface area (Å²) in [5, 5.41) is 8.57. The molecule has 0 spiro atoms. The quantitative estimate of drug-likeness (QED) is 0.115. The molecule has 0 aliphatic carbocycles. The molecular weight excluding hydrogens is 1030 g/mol. The molecule has 6 aromatic rings. The summed E-state index contributed by atoms with van der Waals surface area (Å²) in [5.74, 6) is 0. The van der Waals surface area contributed by atoms with Crippen LogP contribution in [0.2, 0.25) is 0 Å². The summed E-state index contributed by atoms with van der Waals surface area (Å²) in [6.07, 6.45) is 0. The van der Waals surface area contributed by atoms with Crippen molar-refractivity contribution in [1.82, 2.24) is 0 Å². The first-order valence-corrected chi connectivity index (χ1v) is 34.0. The van der Waals surface area contributed by atoms with E-state index in [1.54, 1.807) is 0 Å². The maximum absolute atomic E-state index is 5.07. The van der Waals surface area contributed by atoms with Gasteiger partial charge in [0.05, 0.1) is 13.3 Å². The summed E-state index contributed by atoms with van der Waals surface area (Å²) in [6, 6.07) is 65.3. The monoisotopic (exact) mass is 1060 g/mol. The third kappa shape index (κ3) is 13.0. The summed E-state index contributed by atoms with van der Waals surface area (Å²) in [6.45, 7) is 4.82. The molecule has 0 aromatic heterocycles.